The van der Waals surface area contributed by atoms with Gasteiger partial charge >= 0.3 is 5.97 Å². The maximum Gasteiger partial charge on any atom is 0.343 e. The molecule has 0 saturated heterocycles. The maximum absolute atomic E-state index is 13.8. The largest absolute Gasteiger partial charge is 0.506 e. The van der Waals surface area contributed by atoms with Crippen molar-refractivity contribution in [3.8, 4) is 0 Å². The van der Waals surface area contributed by atoms with Crippen LogP contribution in [0.2, 0.25) is 5.02 Å². The van der Waals surface area contributed by atoms with Gasteiger partial charge in [0.15, 0.2) is 0 Å². The predicted molar refractivity (Wildman–Crippen MR) is 76.6 cm³/mol. The zero-order valence-electron chi connectivity index (χ0n) is 11.4. The van der Waals surface area contributed by atoms with E-state index in [0.29, 0.717) is 0 Å². The minimum Gasteiger partial charge on any atom is -0.506 e. The molecule has 0 bridgehead atoms. The summed E-state index contributed by atoms with van der Waals surface area (Å²) < 4.78 is 18.7. The highest BCUT2D eigenvalue weighted by molar-refractivity contribution is 6.33. The Morgan fingerprint density at radius 1 is 1.50 bits per heavy atom. The van der Waals surface area contributed by atoms with Gasteiger partial charge in [0.2, 0.25) is 0 Å². The molecule has 0 aliphatic rings. The van der Waals surface area contributed by atoms with Crippen LogP contribution in [-0.4, -0.2) is 30.4 Å². The molecule has 0 aliphatic carbocycles. The minimum atomic E-state index is -0.785. The van der Waals surface area contributed by atoms with E-state index in [1.807, 2.05) is 0 Å². The molecule has 0 aliphatic heterocycles. The molecule has 0 spiro atoms. The molecule has 1 rings (SSSR count). The van der Waals surface area contributed by atoms with E-state index >= 15 is 0 Å². The van der Waals surface area contributed by atoms with Gasteiger partial charge in [-0.05, 0) is 26.0 Å². The van der Waals surface area contributed by atoms with Crippen LogP contribution in [0.15, 0.2) is 28.8 Å². The fraction of sp³-hybridized carbons (Fsp3) is 0.286. The first-order chi connectivity index (χ1) is 9.43. The van der Waals surface area contributed by atoms with E-state index in [-0.39, 0.29) is 28.5 Å². The number of hydrogen-bond donors (Lipinski definition) is 1. The van der Waals surface area contributed by atoms with Crippen LogP contribution in [0.25, 0.3) is 5.76 Å². The van der Waals surface area contributed by atoms with Gasteiger partial charge in [0.05, 0.1) is 17.2 Å². The molecule has 0 radical (unpaired) electrons. The molecule has 0 fully saturated rings. The second kappa shape index (κ2) is 7.05. The number of ether oxygens (including phenoxy) is 1. The van der Waals surface area contributed by atoms with Crippen LogP contribution in [0.1, 0.15) is 19.4 Å². The zero-order chi connectivity index (χ0) is 15.3. The summed E-state index contributed by atoms with van der Waals surface area (Å²) in [6.07, 6.45) is 0. The number of aliphatic imine (C=N–C) groups is 1. The van der Waals surface area contributed by atoms with Gasteiger partial charge in [0.25, 0.3) is 0 Å². The molecular formula is C14H15ClFNO3. The quantitative estimate of drug-likeness (QED) is 0.401. The summed E-state index contributed by atoms with van der Waals surface area (Å²) in [5.41, 5.74) is -0.234. The van der Waals surface area contributed by atoms with Crippen LogP contribution in [0.4, 0.5) is 4.39 Å². The molecule has 1 aromatic rings. The average Bonchev–Trinajstić information content (AvgIpc) is 2.38. The smallest absolute Gasteiger partial charge is 0.343 e. The van der Waals surface area contributed by atoms with Crippen molar-refractivity contribution >= 4 is 29.0 Å². The molecule has 0 amide bonds. The Kier molecular flexibility index (Phi) is 5.70. The van der Waals surface area contributed by atoms with Crippen LogP contribution in [0.5, 0.6) is 0 Å². The lowest BCUT2D eigenvalue weighted by Crippen LogP contribution is -2.16. The van der Waals surface area contributed by atoms with E-state index in [0.717, 1.165) is 6.07 Å². The molecule has 0 heterocycles. The van der Waals surface area contributed by atoms with Crippen molar-refractivity contribution < 1.29 is 19.0 Å². The minimum absolute atomic E-state index is 0.00629. The fourth-order valence-corrected chi connectivity index (χ4v) is 1.83. The van der Waals surface area contributed by atoms with Crippen molar-refractivity contribution in [3.05, 3.63) is 40.2 Å². The first-order valence-electron chi connectivity index (χ1n) is 5.92. The number of hydrogen-bond acceptors (Lipinski definition) is 4. The molecule has 0 saturated carbocycles. The van der Waals surface area contributed by atoms with Crippen molar-refractivity contribution in [2.45, 2.75) is 13.8 Å². The van der Waals surface area contributed by atoms with Gasteiger partial charge in [-0.1, -0.05) is 17.7 Å². The number of rotatable bonds is 4. The van der Waals surface area contributed by atoms with E-state index in [1.165, 1.54) is 26.1 Å². The SMILES string of the molecule is CCOC(=O)/C(C(C)=NC)=C(\O)c1c(F)cccc1Cl. The Morgan fingerprint density at radius 3 is 2.65 bits per heavy atom. The van der Waals surface area contributed by atoms with Gasteiger partial charge < -0.3 is 9.84 Å². The predicted octanol–water partition coefficient (Wildman–Crippen LogP) is 3.40. The summed E-state index contributed by atoms with van der Waals surface area (Å²) in [5.74, 6) is -2.11. The summed E-state index contributed by atoms with van der Waals surface area (Å²) in [6, 6.07) is 3.95. The van der Waals surface area contributed by atoms with Crippen molar-refractivity contribution in [2.24, 2.45) is 4.99 Å². The number of esters is 1. The lowest BCUT2D eigenvalue weighted by atomic mass is 10.0. The van der Waals surface area contributed by atoms with E-state index in [1.54, 1.807) is 6.92 Å². The third kappa shape index (κ3) is 3.36. The summed E-state index contributed by atoms with van der Waals surface area (Å²) in [4.78, 5) is 15.7. The maximum atomic E-state index is 13.8. The van der Waals surface area contributed by atoms with Crippen molar-refractivity contribution in [1.82, 2.24) is 0 Å². The van der Waals surface area contributed by atoms with Crippen molar-refractivity contribution in [2.75, 3.05) is 13.7 Å². The molecule has 6 heteroatoms. The molecule has 0 aromatic heterocycles. The molecule has 0 unspecified atom stereocenters. The fourth-order valence-electron chi connectivity index (χ4n) is 1.58. The number of benzene rings is 1. The summed E-state index contributed by atoms with van der Waals surface area (Å²) in [6.45, 7) is 3.26. The number of nitrogens with zero attached hydrogens (tertiary/aromatic N) is 1. The Labute approximate surface area is 121 Å². The number of halogens is 2. The Bertz CT molecular complexity index is 562. The standard InChI is InChI=1S/C14H15ClFNO3/c1-4-20-14(19)11(8(2)17-3)13(18)12-9(15)6-5-7-10(12)16/h5-7,18H,4H2,1-3H3/b13-11-,17-8?. The van der Waals surface area contributed by atoms with E-state index in [4.69, 9.17) is 16.3 Å². The molecule has 4 nitrogen and oxygen atoms in total. The summed E-state index contributed by atoms with van der Waals surface area (Å²) in [7, 11) is 1.45. The summed E-state index contributed by atoms with van der Waals surface area (Å²) in [5, 5.41) is 10.2. The Morgan fingerprint density at radius 2 is 2.15 bits per heavy atom. The number of carbonyl (C=O) groups excluding carboxylic acids is 1. The van der Waals surface area contributed by atoms with Gasteiger partial charge in [-0.3, -0.25) is 4.99 Å². The molecule has 108 valence electrons. The molecule has 1 N–H and O–H groups in total. The van der Waals surface area contributed by atoms with E-state index in [9.17, 15) is 14.3 Å². The molecule has 1 aromatic carbocycles. The van der Waals surface area contributed by atoms with Crippen LogP contribution >= 0.6 is 11.6 Å². The number of aliphatic hydroxyl groups is 1. The van der Waals surface area contributed by atoms with Crippen LogP contribution in [0.3, 0.4) is 0 Å². The number of carbonyl (C=O) groups is 1. The van der Waals surface area contributed by atoms with Gasteiger partial charge in [-0.25, -0.2) is 9.18 Å². The van der Waals surface area contributed by atoms with Crippen LogP contribution in [-0.2, 0) is 9.53 Å². The number of aliphatic hydroxyl groups excluding tert-OH is 1. The molecular weight excluding hydrogens is 285 g/mol. The van der Waals surface area contributed by atoms with Crippen molar-refractivity contribution in [1.29, 1.82) is 0 Å². The normalized spacial score (nSPS) is 12.9. The second-order valence-electron chi connectivity index (χ2n) is 3.85. The lowest BCUT2D eigenvalue weighted by Gasteiger charge is -2.11. The lowest BCUT2D eigenvalue weighted by molar-refractivity contribution is -0.137. The van der Waals surface area contributed by atoms with Crippen LogP contribution < -0.4 is 0 Å². The first kappa shape index (κ1) is 16.2. The monoisotopic (exact) mass is 299 g/mol. The van der Waals surface area contributed by atoms with E-state index < -0.39 is 17.5 Å². The third-order valence-electron chi connectivity index (χ3n) is 2.61. The Balaban J connectivity index is 3.53. The highest BCUT2D eigenvalue weighted by Crippen LogP contribution is 2.28. The van der Waals surface area contributed by atoms with Gasteiger partial charge in [0.1, 0.15) is 17.1 Å². The summed E-state index contributed by atoms with van der Waals surface area (Å²) >= 11 is 5.87. The van der Waals surface area contributed by atoms with E-state index in [2.05, 4.69) is 4.99 Å². The molecule has 20 heavy (non-hydrogen) atoms. The van der Waals surface area contributed by atoms with Crippen molar-refractivity contribution in [3.63, 3.8) is 0 Å². The van der Waals surface area contributed by atoms with Gasteiger partial charge in [-0.15, -0.1) is 0 Å². The highest BCUT2D eigenvalue weighted by Gasteiger charge is 2.24. The highest BCUT2D eigenvalue weighted by atomic mass is 35.5. The van der Waals surface area contributed by atoms with Gasteiger partial charge in [0, 0.05) is 12.8 Å². The van der Waals surface area contributed by atoms with Gasteiger partial charge in [-0.2, -0.15) is 0 Å². The molecule has 0 atom stereocenters. The Hall–Kier alpha value is -1.88. The topological polar surface area (TPSA) is 58.9 Å². The second-order valence-corrected chi connectivity index (χ2v) is 4.26. The van der Waals surface area contributed by atoms with Crippen LogP contribution in [0, 0.1) is 5.82 Å². The third-order valence-corrected chi connectivity index (χ3v) is 2.93. The first-order valence-corrected chi connectivity index (χ1v) is 6.30. The average molecular weight is 300 g/mol. The zero-order valence-corrected chi connectivity index (χ0v) is 12.2.